The summed E-state index contributed by atoms with van der Waals surface area (Å²) in [4.78, 5) is 14.6. The van der Waals surface area contributed by atoms with Gasteiger partial charge >= 0.3 is 0 Å². The van der Waals surface area contributed by atoms with Crippen LogP contribution in [0.2, 0.25) is 0 Å². The Morgan fingerprint density at radius 1 is 1.31 bits per heavy atom. The van der Waals surface area contributed by atoms with Crippen LogP contribution in [-0.2, 0) is 17.8 Å². The molecule has 2 fully saturated rings. The molecule has 1 spiro atoms. The standard InChI is InChI=1S/C22H32N4O3/c1-4-26-17(3)19(16(2)24-26)15-25-11-9-22(10-12-25)8-7-18(29-22)14-23-21(27)20-6-5-13-28-20/h5-6,13,18H,4,7-12,14-15H2,1-3H3,(H,23,27)/t18-/m1/s1. The number of likely N-dealkylation sites (tertiary alicyclic amines) is 1. The van der Waals surface area contributed by atoms with Gasteiger partial charge in [0, 0.05) is 44.0 Å². The second-order valence-corrected chi connectivity index (χ2v) is 8.39. The monoisotopic (exact) mass is 400 g/mol. The first-order valence-corrected chi connectivity index (χ1v) is 10.7. The smallest absolute Gasteiger partial charge is 0.287 e. The zero-order valence-corrected chi connectivity index (χ0v) is 17.7. The van der Waals surface area contributed by atoms with Gasteiger partial charge in [0.05, 0.1) is 23.7 Å². The van der Waals surface area contributed by atoms with Crippen molar-refractivity contribution >= 4 is 5.91 Å². The summed E-state index contributed by atoms with van der Waals surface area (Å²) in [7, 11) is 0. The normalized spacial score (nSPS) is 21.7. The van der Waals surface area contributed by atoms with E-state index in [0.29, 0.717) is 12.3 Å². The maximum absolute atomic E-state index is 12.1. The van der Waals surface area contributed by atoms with Crippen LogP contribution in [0.15, 0.2) is 22.8 Å². The Bertz CT molecular complexity index is 835. The zero-order valence-electron chi connectivity index (χ0n) is 17.7. The van der Waals surface area contributed by atoms with E-state index in [1.807, 2.05) is 0 Å². The average Bonchev–Trinajstić information content (AvgIpc) is 3.45. The summed E-state index contributed by atoms with van der Waals surface area (Å²) in [6.45, 7) is 10.9. The van der Waals surface area contributed by atoms with E-state index in [9.17, 15) is 4.79 Å². The van der Waals surface area contributed by atoms with Crippen molar-refractivity contribution in [3.05, 3.63) is 41.1 Å². The molecule has 7 nitrogen and oxygen atoms in total. The van der Waals surface area contributed by atoms with E-state index in [1.165, 1.54) is 17.5 Å². The summed E-state index contributed by atoms with van der Waals surface area (Å²) in [5.74, 6) is 0.177. The van der Waals surface area contributed by atoms with Crippen LogP contribution >= 0.6 is 0 Å². The number of hydrogen-bond acceptors (Lipinski definition) is 5. The van der Waals surface area contributed by atoms with E-state index < -0.39 is 0 Å². The lowest BCUT2D eigenvalue weighted by molar-refractivity contribution is -0.0765. The highest BCUT2D eigenvalue weighted by molar-refractivity contribution is 5.91. The third-order valence-corrected chi connectivity index (χ3v) is 6.55. The predicted octanol–water partition coefficient (Wildman–Crippen LogP) is 3.06. The molecular weight excluding hydrogens is 368 g/mol. The number of furan rings is 1. The van der Waals surface area contributed by atoms with Crippen LogP contribution in [0.3, 0.4) is 0 Å². The third kappa shape index (κ3) is 4.26. The molecule has 0 aromatic carbocycles. The summed E-state index contributed by atoms with van der Waals surface area (Å²) in [5, 5.41) is 7.59. The quantitative estimate of drug-likeness (QED) is 0.807. The minimum Gasteiger partial charge on any atom is -0.459 e. The number of nitrogens with one attached hydrogen (secondary N) is 1. The third-order valence-electron chi connectivity index (χ3n) is 6.55. The summed E-state index contributed by atoms with van der Waals surface area (Å²) < 4.78 is 13.7. The Labute approximate surface area is 172 Å². The number of carbonyl (C=O) groups excluding carboxylic acids is 1. The van der Waals surface area contributed by atoms with Crippen molar-refractivity contribution in [3.63, 3.8) is 0 Å². The van der Waals surface area contributed by atoms with Crippen molar-refractivity contribution in [2.45, 2.75) is 71.2 Å². The van der Waals surface area contributed by atoms with Crippen molar-refractivity contribution in [2.75, 3.05) is 19.6 Å². The Balaban J connectivity index is 1.26. The molecule has 4 heterocycles. The van der Waals surface area contributed by atoms with Crippen molar-refractivity contribution in [1.29, 1.82) is 0 Å². The van der Waals surface area contributed by atoms with Crippen LogP contribution in [0.25, 0.3) is 0 Å². The van der Waals surface area contributed by atoms with E-state index >= 15 is 0 Å². The van der Waals surface area contributed by atoms with Crippen LogP contribution in [0, 0.1) is 13.8 Å². The molecule has 7 heteroatoms. The molecule has 2 aromatic heterocycles. The van der Waals surface area contributed by atoms with Gasteiger partial charge in [-0.1, -0.05) is 0 Å². The highest BCUT2D eigenvalue weighted by Crippen LogP contribution is 2.39. The van der Waals surface area contributed by atoms with E-state index in [-0.39, 0.29) is 17.6 Å². The van der Waals surface area contributed by atoms with E-state index in [0.717, 1.165) is 57.6 Å². The van der Waals surface area contributed by atoms with Crippen molar-refractivity contribution in [3.8, 4) is 0 Å². The molecule has 29 heavy (non-hydrogen) atoms. The maximum Gasteiger partial charge on any atom is 0.287 e. The molecular formula is C22H32N4O3. The van der Waals surface area contributed by atoms with E-state index in [2.05, 4.69) is 40.8 Å². The molecule has 1 N–H and O–H groups in total. The van der Waals surface area contributed by atoms with Crippen LogP contribution in [-0.4, -0.2) is 51.9 Å². The first kappa shape index (κ1) is 20.2. The average molecular weight is 401 g/mol. The highest BCUT2D eigenvalue weighted by Gasteiger charge is 2.42. The second kappa shape index (κ2) is 8.32. The summed E-state index contributed by atoms with van der Waals surface area (Å²) in [6.07, 6.45) is 5.78. The molecule has 4 rings (SSSR count). The number of amides is 1. The molecule has 0 unspecified atom stereocenters. The summed E-state index contributed by atoms with van der Waals surface area (Å²) >= 11 is 0. The number of aromatic nitrogens is 2. The summed E-state index contributed by atoms with van der Waals surface area (Å²) in [6, 6.07) is 3.40. The molecule has 2 saturated heterocycles. The lowest BCUT2D eigenvalue weighted by Crippen LogP contribution is -2.45. The minimum atomic E-state index is -0.173. The molecule has 0 bridgehead atoms. The van der Waals surface area contributed by atoms with Gasteiger partial charge in [0.1, 0.15) is 0 Å². The Hall–Kier alpha value is -2.12. The number of nitrogens with zero attached hydrogens (tertiary/aromatic N) is 3. The largest absolute Gasteiger partial charge is 0.459 e. The molecule has 1 atom stereocenters. The van der Waals surface area contributed by atoms with E-state index in [4.69, 9.17) is 9.15 Å². The molecule has 2 aliphatic rings. The molecule has 2 aromatic rings. The number of carbonyl (C=O) groups is 1. The molecule has 0 radical (unpaired) electrons. The van der Waals surface area contributed by atoms with Gasteiger partial charge in [-0.15, -0.1) is 0 Å². The first-order chi connectivity index (χ1) is 14.0. The lowest BCUT2D eigenvalue weighted by atomic mass is 9.88. The fourth-order valence-corrected chi connectivity index (χ4v) is 4.72. The lowest BCUT2D eigenvalue weighted by Gasteiger charge is -2.39. The van der Waals surface area contributed by atoms with Crippen molar-refractivity contribution in [2.24, 2.45) is 0 Å². The SMILES string of the molecule is CCn1nc(C)c(CN2CCC3(CC[C@H](CNC(=O)c4ccco4)O3)CC2)c1C. The molecule has 1 amide bonds. The number of aryl methyl sites for hydroxylation is 2. The van der Waals surface area contributed by atoms with Crippen LogP contribution in [0.1, 0.15) is 60.1 Å². The van der Waals surface area contributed by atoms with Crippen LogP contribution < -0.4 is 5.32 Å². The second-order valence-electron chi connectivity index (χ2n) is 8.39. The van der Waals surface area contributed by atoms with Gasteiger partial charge in [0.2, 0.25) is 0 Å². The molecule has 158 valence electrons. The fraction of sp³-hybridized carbons (Fsp3) is 0.636. The Morgan fingerprint density at radius 3 is 2.76 bits per heavy atom. The molecule has 2 aliphatic heterocycles. The maximum atomic E-state index is 12.1. The zero-order chi connectivity index (χ0) is 20.4. The topological polar surface area (TPSA) is 72.5 Å². The minimum absolute atomic E-state index is 0.0196. The van der Waals surface area contributed by atoms with Gasteiger partial charge in [-0.2, -0.15) is 5.10 Å². The van der Waals surface area contributed by atoms with Crippen molar-refractivity contribution < 1.29 is 13.9 Å². The molecule has 0 aliphatic carbocycles. The number of piperidine rings is 1. The Morgan fingerprint density at radius 2 is 2.10 bits per heavy atom. The fourth-order valence-electron chi connectivity index (χ4n) is 4.72. The summed E-state index contributed by atoms with van der Waals surface area (Å²) in [5.41, 5.74) is 3.78. The van der Waals surface area contributed by atoms with Crippen molar-refractivity contribution in [1.82, 2.24) is 20.0 Å². The predicted molar refractivity (Wildman–Crippen MR) is 110 cm³/mol. The number of ether oxygens (including phenoxy) is 1. The number of hydrogen-bond donors (Lipinski definition) is 1. The highest BCUT2D eigenvalue weighted by atomic mass is 16.5. The van der Waals surface area contributed by atoms with E-state index in [1.54, 1.807) is 12.1 Å². The molecule has 0 saturated carbocycles. The van der Waals surface area contributed by atoms with Gasteiger partial charge in [-0.05, 0) is 58.6 Å². The van der Waals surface area contributed by atoms with Gasteiger partial charge in [-0.3, -0.25) is 14.4 Å². The van der Waals surface area contributed by atoms with Gasteiger partial charge in [-0.25, -0.2) is 0 Å². The van der Waals surface area contributed by atoms with Gasteiger partial charge in [0.15, 0.2) is 5.76 Å². The van der Waals surface area contributed by atoms with Gasteiger partial charge < -0.3 is 14.5 Å². The first-order valence-electron chi connectivity index (χ1n) is 10.7. The Kier molecular flexibility index (Phi) is 5.79. The van der Waals surface area contributed by atoms with Crippen LogP contribution in [0.4, 0.5) is 0 Å². The number of rotatable bonds is 6. The van der Waals surface area contributed by atoms with Gasteiger partial charge in [0.25, 0.3) is 5.91 Å². The van der Waals surface area contributed by atoms with Crippen LogP contribution in [0.5, 0.6) is 0 Å².